The molecular formula is C13H16F3N3O3S2. The maximum absolute atomic E-state index is 12.6. The molecule has 0 saturated carbocycles. The van der Waals surface area contributed by atoms with Crippen LogP contribution in [0.1, 0.15) is 25.1 Å². The van der Waals surface area contributed by atoms with Crippen LogP contribution < -0.4 is 10.0 Å². The highest BCUT2D eigenvalue weighted by atomic mass is 32.2. The zero-order valence-electron chi connectivity index (χ0n) is 13.1. The summed E-state index contributed by atoms with van der Waals surface area (Å²) < 4.78 is 57.2. The molecule has 1 rings (SSSR count). The van der Waals surface area contributed by atoms with E-state index < -0.39 is 27.7 Å². The second-order valence-corrected chi connectivity index (χ2v) is 7.52. The van der Waals surface area contributed by atoms with Gasteiger partial charge in [-0.15, -0.1) is 0 Å². The molecule has 11 heteroatoms. The minimum Gasteiger partial charge on any atom is -0.450 e. The van der Waals surface area contributed by atoms with E-state index >= 15 is 0 Å². The molecule has 0 aliphatic heterocycles. The quantitative estimate of drug-likeness (QED) is 0.617. The van der Waals surface area contributed by atoms with Gasteiger partial charge in [-0.3, -0.25) is 15.0 Å². The lowest BCUT2D eigenvalue weighted by atomic mass is 10.2. The lowest BCUT2D eigenvalue weighted by Gasteiger charge is -2.15. The number of carbonyl (C=O) groups is 1. The number of ether oxygens (including phenoxy) is 1. The van der Waals surface area contributed by atoms with Crippen molar-refractivity contribution in [3.63, 3.8) is 0 Å². The number of nitrogens with one attached hydrogen (secondary N) is 2. The number of hydrogen-bond acceptors (Lipinski definition) is 5. The van der Waals surface area contributed by atoms with Crippen LogP contribution in [-0.2, 0) is 20.6 Å². The Labute approximate surface area is 142 Å². The topological polar surface area (TPSA) is 80.3 Å². The Balaban J connectivity index is 2.99. The number of alkyl carbamates (subject to hydrolysis) is 1. The number of rotatable bonds is 3. The fourth-order valence-corrected chi connectivity index (χ4v) is 3.22. The standard InChI is InChI=1S/C13H16F3N3O3S2/c1-4-22-12(20)18-11(23)19-24(3,21)8(2)9-5-6-10(17-7-9)13(14,15)16/h5-7H,4H2,1-3H3,(H2,18,19,20,21,23). The average molecular weight is 383 g/mol. The van der Waals surface area contributed by atoms with E-state index in [-0.39, 0.29) is 22.1 Å². The Bertz CT molecular complexity index is 739. The maximum Gasteiger partial charge on any atom is 0.433 e. The van der Waals surface area contributed by atoms with Crippen molar-refractivity contribution in [3.05, 3.63) is 29.6 Å². The highest BCUT2D eigenvalue weighted by Crippen LogP contribution is 2.27. The van der Waals surface area contributed by atoms with E-state index in [1.54, 1.807) is 6.92 Å². The van der Waals surface area contributed by atoms with Crippen LogP contribution in [0.15, 0.2) is 18.3 Å². The molecule has 0 aliphatic carbocycles. The van der Waals surface area contributed by atoms with Crippen LogP contribution in [0.4, 0.5) is 18.0 Å². The zero-order chi connectivity index (χ0) is 18.5. The maximum atomic E-state index is 12.6. The SMILES string of the molecule is CCOC(=O)NC(=S)NS(C)(=O)=C(C)c1ccc(C(F)(F)F)nc1. The van der Waals surface area contributed by atoms with E-state index in [4.69, 9.17) is 12.2 Å². The highest BCUT2D eigenvalue weighted by molar-refractivity contribution is 8.01. The molecule has 1 atom stereocenters. The minimum atomic E-state index is -4.55. The number of thiocarbonyl (C=S) groups is 1. The molecule has 6 nitrogen and oxygen atoms in total. The van der Waals surface area contributed by atoms with Crippen LogP contribution in [0.2, 0.25) is 0 Å². The van der Waals surface area contributed by atoms with Gasteiger partial charge < -0.3 is 4.74 Å². The van der Waals surface area contributed by atoms with Crippen LogP contribution in [-0.4, -0.2) is 38.1 Å². The number of hydrogen-bond donors (Lipinski definition) is 2. The fourth-order valence-electron chi connectivity index (χ4n) is 1.53. The van der Waals surface area contributed by atoms with E-state index in [1.807, 2.05) is 0 Å². The van der Waals surface area contributed by atoms with Crippen LogP contribution in [0.25, 0.3) is 0 Å². The monoisotopic (exact) mass is 383 g/mol. The van der Waals surface area contributed by atoms with Gasteiger partial charge in [-0.1, -0.05) is 6.07 Å². The zero-order valence-corrected chi connectivity index (χ0v) is 14.7. The molecule has 0 spiro atoms. The first-order chi connectivity index (χ1) is 11.0. The number of pyridine rings is 1. The Morgan fingerprint density at radius 1 is 1.42 bits per heavy atom. The van der Waals surface area contributed by atoms with E-state index in [9.17, 15) is 22.2 Å². The van der Waals surface area contributed by atoms with Gasteiger partial charge in [0.05, 0.1) is 16.3 Å². The average Bonchev–Trinajstić information content (AvgIpc) is 2.45. The summed E-state index contributed by atoms with van der Waals surface area (Å²) in [6.45, 7) is 3.21. The molecule has 0 radical (unpaired) electrons. The molecule has 24 heavy (non-hydrogen) atoms. The van der Waals surface area contributed by atoms with Crippen molar-refractivity contribution in [1.82, 2.24) is 15.0 Å². The molecular weight excluding hydrogens is 367 g/mol. The van der Waals surface area contributed by atoms with Gasteiger partial charge in [-0.25, -0.2) is 9.00 Å². The second kappa shape index (κ2) is 7.79. The predicted molar refractivity (Wildman–Crippen MR) is 89.0 cm³/mol. The van der Waals surface area contributed by atoms with Gasteiger partial charge in [-0.2, -0.15) is 13.2 Å². The van der Waals surface area contributed by atoms with Gasteiger partial charge in [-0.05, 0) is 32.1 Å². The highest BCUT2D eigenvalue weighted by Gasteiger charge is 2.32. The molecule has 134 valence electrons. The predicted octanol–water partition coefficient (Wildman–Crippen LogP) is 2.09. The Morgan fingerprint density at radius 3 is 2.50 bits per heavy atom. The summed E-state index contributed by atoms with van der Waals surface area (Å²) >= 11 is 4.85. The fraction of sp³-hybridized carbons (Fsp3) is 0.385. The lowest BCUT2D eigenvalue weighted by Crippen LogP contribution is -2.43. The van der Waals surface area contributed by atoms with Crippen LogP contribution in [0.5, 0.6) is 0 Å². The number of carbonyl (C=O) groups excluding carboxylic acids is 1. The number of alkyl halides is 3. The van der Waals surface area contributed by atoms with Gasteiger partial charge in [0.25, 0.3) is 0 Å². The van der Waals surface area contributed by atoms with Gasteiger partial charge in [0.2, 0.25) is 0 Å². The number of aromatic nitrogens is 1. The largest absolute Gasteiger partial charge is 0.450 e. The summed E-state index contributed by atoms with van der Waals surface area (Å²) in [4.78, 5) is 14.8. The smallest absolute Gasteiger partial charge is 0.433 e. The minimum absolute atomic E-state index is 0.137. The molecule has 2 N–H and O–H groups in total. The van der Waals surface area contributed by atoms with Crippen molar-refractivity contribution < 1.29 is 26.9 Å². The normalized spacial score (nSPS) is 13.6. The number of nitrogens with zero attached hydrogens (tertiary/aromatic N) is 1. The van der Waals surface area contributed by atoms with E-state index in [1.165, 1.54) is 13.2 Å². The van der Waals surface area contributed by atoms with Crippen molar-refractivity contribution in [3.8, 4) is 0 Å². The first kappa shape index (κ1) is 20.2. The van der Waals surface area contributed by atoms with Gasteiger partial charge in [0.15, 0.2) is 5.11 Å². The van der Waals surface area contributed by atoms with Crippen LogP contribution in [0.3, 0.4) is 0 Å². The van der Waals surface area contributed by atoms with Crippen molar-refractivity contribution >= 4 is 38.0 Å². The summed E-state index contributed by atoms with van der Waals surface area (Å²) in [6.07, 6.45) is -3.08. The van der Waals surface area contributed by atoms with Gasteiger partial charge >= 0.3 is 12.3 Å². The summed E-state index contributed by atoms with van der Waals surface area (Å²) in [6, 6.07) is 1.96. The van der Waals surface area contributed by atoms with E-state index in [0.29, 0.717) is 0 Å². The summed E-state index contributed by atoms with van der Waals surface area (Å²) in [5.41, 5.74) is -0.795. The van der Waals surface area contributed by atoms with Crippen LogP contribution >= 0.6 is 12.2 Å². The molecule has 0 fully saturated rings. The van der Waals surface area contributed by atoms with E-state index in [2.05, 4.69) is 19.8 Å². The molecule has 1 heterocycles. The molecule has 1 aromatic rings. The third kappa shape index (κ3) is 5.64. The first-order valence-corrected chi connectivity index (χ1v) is 8.96. The second-order valence-electron chi connectivity index (χ2n) is 4.61. The summed E-state index contributed by atoms with van der Waals surface area (Å²) in [5, 5.41) is 1.95. The van der Waals surface area contributed by atoms with Crippen molar-refractivity contribution in [2.75, 3.05) is 12.9 Å². The Kier molecular flexibility index (Phi) is 6.55. The van der Waals surface area contributed by atoms with E-state index in [0.717, 1.165) is 18.3 Å². The van der Waals surface area contributed by atoms with Crippen molar-refractivity contribution in [1.29, 1.82) is 0 Å². The van der Waals surface area contributed by atoms with Crippen molar-refractivity contribution in [2.45, 2.75) is 20.0 Å². The molecule has 1 amide bonds. The number of halogens is 3. The third-order valence-corrected chi connectivity index (χ3v) is 5.15. The molecule has 0 aromatic carbocycles. The molecule has 1 unspecified atom stereocenters. The molecule has 0 bridgehead atoms. The van der Waals surface area contributed by atoms with Crippen LogP contribution in [0, 0.1) is 0 Å². The number of amides is 1. The molecule has 0 saturated heterocycles. The van der Waals surface area contributed by atoms with Crippen molar-refractivity contribution in [2.24, 2.45) is 0 Å². The van der Waals surface area contributed by atoms with Gasteiger partial charge in [0.1, 0.15) is 5.69 Å². The molecule has 1 aromatic heterocycles. The summed E-state index contributed by atoms with van der Waals surface area (Å²) in [5.74, 6) is 0. The van der Waals surface area contributed by atoms with Gasteiger partial charge in [0, 0.05) is 22.9 Å². The molecule has 0 aliphatic rings. The Morgan fingerprint density at radius 2 is 2.04 bits per heavy atom. The third-order valence-electron chi connectivity index (χ3n) is 2.82. The summed E-state index contributed by atoms with van der Waals surface area (Å²) in [7, 11) is -2.94. The Hall–Kier alpha value is -1.88. The first-order valence-electron chi connectivity index (χ1n) is 6.59. The lowest BCUT2D eigenvalue weighted by molar-refractivity contribution is -0.141.